The van der Waals surface area contributed by atoms with E-state index >= 15 is 0 Å². The molecule has 0 aromatic heterocycles. The molecule has 2 aromatic rings. The average molecular weight is 430 g/mol. The topological polar surface area (TPSA) is 101 Å². The first-order valence-corrected chi connectivity index (χ1v) is 12.0. The van der Waals surface area contributed by atoms with Gasteiger partial charge in [0.05, 0.1) is 10.9 Å². The molecular formula is C23H31N3O3S. The number of nitrogens with two attached hydrogens (primary N) is 1. The number of amides is 1. The van der Waals surface area contributed by atoms with Gasteiger partial charge in [0.25, 0.3) is 0 Å². The first-order valence-electron chi connectivity index (χ1n) is 10.5. The highest BCUT2D eigenvalue weighted by Gasteiger charge is 2.35. The Bertz CT molecular complexity index is 937. The molecule has 0 spiro atoms. The number of rotatable bonds is 9. The van der Waals surface area contributed by atoms with Gasteiger partial charge in [-0.3, -0.25) is 4.79 Å². The molecule has 1 aliphatic rings. The fourth-order valence-corrected chi connectivity index (χ4v) is 4.70. The van der Waals surface area contributed by atoms with Crippen LogP contribution in [0.2, 0.25) is 0 Å². The summed E-state index contributed by atoms with van der Waals surface area (Å²) in [6.45, 7) is 3.17. The van der Waals surface area contributed by atoms with Crippen LogP contribution in [0.15, 0.2) is 59.5 Å². The van der Waals surface area contributed by atoms with Gasteiger partial charge in [-0.05, 0) is 49.4 Å². The lowest BCUT2D eigenvalue weighted by Gasteiger charge is -2.31. The van der Waals surface area contributed by atoms with Gasteiger partial charge in [-0.2, -0.15) is 0 Å². The maximum atomic E-state index is 12.5. The van der Waals surface area contributed by atoms with E-state index < -0.39 is 10.0 Å². The van der Waals surface area contributed by atoms with Crippen LogP contribution in [0.25, 0.3) is 0 Å². The molecule has 1 aliphatic carbocycles. The summed E-state index contributed by atoms with van der Waals surface area (Å²) in [7, 11) is -3.68. The molecule has 1 atom stereocenters. The Labute approximate surface area is 179 Å². The Morgan fingerprint density at radius 3 is 2.30 bits per heavy atom. The summed E-state index contributed by atoms with van der Waals surface area (Å²) in [5.41, 5.74) is 2.41. The van der Waals surface area contributed by atoms with Gasteiger partial charge in [0, 0.05) is 18.5 Å². The van der Waals surface area contributed by atoms with Gasteiger partial charge in [-0.1, -0.05) is 55.3 Å². The molecule has 0 bridgehead atoms. The zero-order valence-corrected chi connectivity index (χ0v) is 18.3. The number of primary sulfonamides is 1. The monoisotopic (exact) mass is 429 g/mol. The number of nitrogens with one attached hydrogen (secondary N) is 2. The van der Waals surface area contributed by atoms with Crippen molar-refractivity contribution in [3.63, 3.8) is 0 Å². The predicted molar refractivity (Wildman–Crippen MR) is 119 cm³/mol. The van der Waals surface area contributed by atoms with E-state index in [4.69, 9.17) is 5.14 Å². The third-order valence-corrected chi connectivity index (χ3v) is 6.98. The van der Waals surface area contributed by atoms with Crippen LogP contribution in [0.3, 0.4) is 0 Å². The van der Waals surface area contributed by atoms with Crippen molar-refractivity contribution < 1.29 is 13.2 Å². The molecule has 3 rings (SSSR count). The summed E-state index contributed by atoms with van der Waals surface area (Å²) < 4.78 is 22.6. The molecule has 0 heterocycles. The number of sulfonamides is 1. The van der Waals surface area contributed by atoms with Gasteiger partial charge >= 0.3 is 0 Å². The van der Waals surface area contributed by atoms with E-state index in [1.165, 1.54) is 30.5 Å². The van der Waals surface area contributed by atoms with Gasteiger partial charge < -0.3 is 10.6 Å². The summed E-state index contributed by atoms with van der Waals surface area (Å²) in [5.74, 6) is -0.0302. The van der Waals surface area contributed by atoms with E-state index in [0.29, 0.717) is 13.0 Å². The zero-order chi connectivity index (χ0) is 21.6. The minimum absolute atomic E-state index is 0.0302. The molecule has 1 amide bonds. The second-order valence-electron chi connectivity index (χ2n) is 8.19. The molecule has 6 nitrogen and oxygen atoms in total. The van der Waals surface area contributed by atoms with Gasteiger partial charge in [0.1, 0.15) is 0 Å². The van der Waals surface area contributed by atoms with Crippen molar-refractivity contribution in [2.75, 3.05) is 13.1 Å². The van der Waals surface area contributed by atoms with Gasteiger partial charge in [-0.15, -0.1) is 0 Å². The van der Waals surface area contributed by atoms with Crippen molar-refractivity contribution in [3.8, 4) is 0 Å². The SMILES string of the molecule is CC(NCC1(c2ccccc2)CCCC1)C(=O)NCCc1ccc(S(N)(=O)=O)cc1. The maximum Gasteiger partial charge on any atom is 0.238 e. The molecule has 4 N–H and O–H groups in total. The highest BCUT2D eigenvalue weighted by atomic mass is 32.2. The van der Waals surface area contributed by atoms with E-state index in [-0.39, 0.29) is 22.3 Å². The van der Waals surface area contributed by atoms with Crippen LogP contribution in [-0.2, 0) is 26.7 Å². The van der Waals surface area contributed by atoms with Crippen LogP contribution >= 0.6 is 0 Å². The van der Waals surface area contributed by atoms with E-state index in [2.05, 4.69) is 34.9 Å². The Balaban J connectivity index is 1.48. The minimum Gasteiger partial charge on any atom is -0.354 e. The molecular weight excluding hydrogens is 398 g/mol. The molecule has 30 heavy (non-hydrogen) atoms. The lowest BCUT2D eigenvalue weighted by Crippen LogP contribution is -2.47. The molecule has 2 aromatic carbocycles. The largest absolute Gasteiger partial charge is 0.354 e. The van der Waals surface area contributed by atoms with Crippen LogP contribution in [0.4, 0.5) is 0 Å². The quantitative estimate of drug-likeness (QED) is 0.570. The average Bonchev–Trinajstić information content (AvgIpc) is 3.22. The van der Waals surface area contributed by atoms with E-state index in [0.717, 1.165) is 24.9 Å². The number of carbonyl (C=O) groups is 1. The van der Waals surface area contributed by atoms with Crippen molar-refractivity contribution in [1.82, 2.24) is 10.6 Å². The highest BCUT2D eigenvalue weighted by Crippen LogP contribution is 2.40. The first kappa shape index (κ1) is 22.5. The number of carbonyl (C=O) groups excluding carboxylic acids is 1. The van der Waals surface area contributed by atoms with E-state index in [1.807, 2.05) is 13.0 Å². The molecule has 1 unspecified atom stereocenters. The van der Waals surface area contributed by atoms with Crippen LogP contribution in [0, 0.1) is 0 Å². The maximum absolute atomic E-state index is 12.5. The Hall–Kier alpha value is -2.22. The molecule has 162 valence electrons. The Morgan fingerprint density at radius 2 is 1.70 bits per heavy atom. The summed E-state index contributed by atoms with van der Waals surface area (Å²) in [6.07, 6.45) is 5.36. The highest BCUT2D eigenvalue weighted by molar-refractivity contribution is 7.89. The first-order chi connectivity index (χ1) is 14.3. The van der Waals surface area contributed by atoms with Crippen LogP contribution < -0.4 is 15.8 Å². The minimum atomic E-state index is -3.68. The second-order valence-corrected chi connectivity index (χ2v) is 9.75. The van der Waals surface area contributed by atoms with Crippen molar-refractivity contribution >= 4 is 15.9 Å². The lowest BCUT2D eigenvalue weighted by atomic mass is 9.78. The van der Waals surface area contributed by atoms with Crippen LogP contribution in [-0.4, -0.2) is 33.5 Å². The fraction of sp³-hybridized carbons (Fsp3) is 0.435. The number of benzene rings is 2. The second kappa shape index (κ2) is 9.73. The van der Waals surface area contributed by atoms with Crippen LogP contribution in [0.1, 0.15) is 43.7 Å². The summed E-state index contributed by atoms with van der Waals surface area (Å²) in [4.78, 5) is 12.6. The normalized spacial score (nSPS) is 16.9. The Morgan fingerprint density at radius 1 is 1.07 bits per heavy atom. The van der Waals surface area contributed by atoms with Crippen molar-refractivity contribution in [2.24, 2.45) is 5.14 Å². The van der Waals surface area contributed by atoms with Gasteiger partial charge in [0.2, 0.25) is 15.9 Å². The molecule has 1 fully saturated rings. The van der Waals surface area contributed by atoms with Crippen molar-refractivity contribution in [3.05, 3.63) is 65.7 Å². The van der Waals surface area contributed by atoms with E-state index in [1.54, 1.807) is 12.1 Å². The van der Waals surface area contributed by atoms with Crippen molar-refractivity contribution in [1.29, 1.82) is 0 Å². The molecule has 1 saturated carbocycles. The molecule has 0 saturated heterocycles. The van der Waals surface area contributed by atoms with Gasteiger partial charge in [0.15, 0.2) is 0 Å². The summed E-state index contributed by atoms with van der Waals surface area (Å²) in [6, 6.07) is 16.7. The zero-order valence-electron chi connectivity index (χ0n) is 17.4. The number of hydrogen-bond donors (Lipinski definition) is 3. The molecule has 0 aliphatic heterocycles. The summed E-state index contributed by atoms with van der Waals surface area (Å²) >= 11 is 0. The smallest absolute Gasteiger partial charge is 0.238 e. The fourth-order valence-electron chi connectivity index (χ4n) is 4.18. The predicted octanol–water partition coefficient (Wildman–Crippen LogP) is 2.48. The molecule has 0 radical (unpaired) electrons. The standard InChI is InChI=1S/C23H31N3O3S/c1-18(26-17-23(14-5-6-15-23)20-7-3-2-4-8-20)22(27)25-16-13-19-9-11-21(12-10-19)30(24,28)29/h2-4,7-12,18,26H,5-6,13-17H2,1H3,(H,25,27)(H2,24,28,29). The van der Waals surface area contributed by atoms with E-state index in [9.17, 15) is 13.2 Å². The third kappa shape index (κ3) is 5.68. The summed E-state index contributed by atoms with van der Waals surface area (Å²) in [5, 5.41) is 11.5. The number of hydrogen-bond acceptors (Lipinski definition) is 4. The molecule has 7 heteroatoms. The van der Waals surface area contributed by atoms with Gasteiger partial charge in [-0.25, -0.2) is 13.6 Å². The third-order valence-electron chi connectivity index (χ3n) is 6.05. The van der Waals surface area contributed by atoms with Crippen molar-refractivity contribution in [2.45, 2.75) is 55.4 Å². The van der Waals surface area contributed by atoms with Crippen LogP contribution in [0.5, 0.6) is 0 Å². The Kier molecular flexibility index (Phi) is 7.28. The lowest BCUT2D eigenvalue weighted by molar-refractivity contribution is -0.122.